The van der Waals surface area contributed by atoms with Crippen LogP contribution in [0.25, 0.3) is 0 Å². The van der Waals surface area contributed by atoms with Crippen LogP contribution in [0.15, 0.2) is 0 Å². The number of halogens is 6. The van der Waals surface area contributed by atoms with Crippen molar-refractivity contribution < 1.29 is 35.9 Å². The number of carbonyl (C=O) groups excluding carboxylic acids is 2. The summed E-state index contributed by atoms with van der Waals surface area (Å²) in [6.45, 7) is -0.216. The van der Waals surface area contributed by atoms with Crippen LogP contribution in [0.2, 0.25) is 0 Å². The zero-order valence-electron chi connectivity index (χ0n) is 11.0. The molecule has 0 saturated heterocycles. The average Bonchev–Trinajstić information content (AvgIpc) is 2.33. The van der Waals surface area contributed by atoms with Gasteiger partial charge in [-0.05, 0) is 12.8 Å². The molecule has 0 unspecified atom stereocenters. The second kappa shape index (κ2) is 8.73. The highest BCUT2D eigenvalue weighted by Crippen LogP contribution is 2.15. The molecule has 0 aliphatic carbocycles. The molecule has 4 nitrogen and oxygen atoms in total. The third kappa shape index (κ3) is 9.97. The van der Waals surface area contributed by atoms with E-state index < -0.39 is 24.2 Å². The standard InChI is InChI=1S/C11H16F6N2O2/c12-10(13,14)8(20)18-6-4-2-1-3-5-7-19-9(21)11(15,16)17/h1-7H2,(H,18,20)(H,19,21). The van der Waals surface area contributed by atoms with Crippen molar-refractivity contribution in [1.82, 2.24) is 10.6 Å². The van der Waals surface area contributed by atoms with Gasteiger partial charge in [-0.3, -0.25) is 9.59 Å². The minimum Gasteiger partial charge on any atom is -0.348 e. The molecule has 0 rings (SSSR count). The molecular weight excluding hydrogens is 306 g/mol. The quantitative estimate of drug-likeness (QED) is 0.532. The van der Waals surface area contributed by atoms with Crippen molar-refractivity contribution in [3.05, 3.63) is 0 Å². The summed E-state index contributed by atoms with van der Waals surface area (Å²) in [5.74, 6) is -3.98. The molecule has 0 bridgehead atoms. The Morgan fingerprint density at radius 1 is 0.619 bits per heavy atom. The summed E-state index contributed by atoms with van der Waals surface area (Å²) < 4.78 is 70.7. The molecule has 0 saturated carbocycles. The molecule has 0 radical (unpaired) electrons. The van der Waals surface area contributed by atoms with Crippen molar-refractivity contribution in [2.75, 3.05) is 13.1 Å². The van der Waals surface area contributed by atoms with Crippen LogP contribution >= 0.6 is 0 Å². The Labute approximate surface area is 117 Å². The number of alkyl halides is 6. The lowest BCUT2D eigenvalue weighted by atomic mass is 10.1. The molecule has 124 valence electrons. The van der Waals surface area contributed by atoms with Crippen LogP contribution in [0, 0.1) is 0 Å². The Morgan fingerprint density at radius 3 is 1.19 bits per heavy atom. The number of nitrogens with one attached hydrogen (secondary N) is 2. The van der Waals surface area contributed by atoms with Gasteiger partial charge in [0.1, 0.15) is 0 Å². The predicted octanol–water partition coefficient (Wildman–Crippen LogP) is 2.29. The fourth-order valence-electron chi connectivity index (χ4n) is 1.38. The van der Waals surface area contributed by atoms with Gasteiger partial charge in [0.05, 0.1) is 0 Å². The van der Waals surface area contributed by atoms with Gasteiger partial charge in [0.25, 0.3) is 0 Å². The van der Waals surface area contributed by atoms with Crippen LogP contribution in [0.1, 0.15) is 32.1 Å². The first-order valence-corrected chi connectivity index (χ1v) is 6.25. The lowest BCUT2D eigenvalue weighted by molar-refractivity contribution is -0.173. The third-order valence-corrected chi connectivity index (χ3v) is 2.44. The van der Waals surface area contributed by atoms with Gasteiger partial charge in [0.2, 0.25) is 0 Å². The molecule has 0 aromatic rings. The lowest BCUT2D eigenvalue weighted by Gasteiger charge is -2.08. The van der Waals surface area contributed by atoms with Gasteiger partial charge >= 0.3 is 24.2 Å². The average molecular weight is 322 g/mol. The number of amides is 2. The first-order chi connectivity index (χ1) is 9.55. The van der Waals surface area contributed by atoms with E-state index in [2.05, 4.69) is 0 Å². The number of hydrogen-bond donors (Lipinski definition) is 2. The van der Waals surface area contributed by atoms with E-state index >= 15 is 0 Å². The minimum absolute atomic E-state index is 0.108. The first-order valence-electron chi connectivity index (χ1n) is 6.25. The number of unbranched alkanes of at least 4 members (excludes halogenated alkanes) is 4. The molecule has 0 heterocycles. The molecule has 2 N–H and O–H groups in total. The van der Waals surface area contributed by atoms with E-state index in [4.69, 9.17) is 0 Å². The van der Waals surface area contributed by atoms with E-state index in [1.54, 1.807) is 10.6 Å². The molecule has 0 fully saturated rings. The maximum Gasteiger partial charge on any atom is 0.471 e. The summed E-state index contributed by atoms with van der Waals surface area (Å²) in [6, 6.07) is 0. The molecular formula is C11H16F6N2O2. The fraction of sp³-hybridized carbons (Fsp3) is 0.818. The zero-order chi connectivity index (χ0) is 16.5. The van der Waals surface area contributed by atoms with Crippen molar-refractivity contribution in [3.63, 3.8) is 0 Å². The summed E-state index contributed by atoms with van der Waals surface area (Å²) in [6.07, 6.45) is -7.44. The van der Waals surface area contributed by atoms with Gasteiger partial charge in [0.15, 0.2) is 0 Å². The smallest absolute Gasteiger partial charge is 0.348 e. The Bertz CT molecular complexity index is 309. The fourth-order valence-corrected chi connectivity index (χ4v) is 1.38. The Balaban J connectivity index is 3.42. The van der Waals surface area contributed by atoms with E-state index in [0.29, 0.717) is 32.1 Å². The second-order valence-corrected chi connectivity index (χ2v) is 4.28. The highest BCUT2D eigenvalue weighted by molar-refractivity contribution is 5.81. The van der Waals surface area contributed by atoms with Crippen molar-refractivity contribution in [2.45, 2.75) is 44.5 Å². The van der Waals surface area contributed by atoms with Gasteiger partial charge in [0, 0.05) is 13.1 Å². The van der Waals surface area contributed by atoms with Crippen LogP contribution in [0.5, 0.6) is 0 Å². The SMILES string of the molecule is O=C(NCCCCCCCNC(=O)C(F)(F)F)C(F)(F)F. The van der Waals surface area contributed by atoms with Crippen molar-refractivity contribution in [1.29, 1.82) is 0 Å². The monoisotopic (exact) mass is 322 g/mol. The number of carbonyl (C=O) groups is 2. The van der Waals surface area contributed by atoms with Crippen LogP contribution in [-0.2, 0) is 9.59 Å². The Morgan fingerprint density at radius 2 is 0.905 bits per heavy atom. The molecule has 0 aliphatic heterocycles. The highest BCUT2D eigenvalue weighted by Gasteiger charge is 2.38. The number of hydrogen-bond acceptors (Lipinski definition) is 2. The summed E-state index contributed by atoms with van der Waals surface area (Å²) in [5.41, 5.74) is 0. The Hall–Kier alpha value is -1.48. The lowest BCUT2D eigenvalue weighted by Crippen LogP contribution is -2.37. The molecule has 0 atom stereocenters. The van der Waals surface area contributed by atoms with Gasteiger partial charge in [-0.15, -0.1) is 0 Å². The summed E-state index contributed by atoms with van der Waals surface area (Å²) in [4.78, 5) is 20.8. The molecule has 0 aromatic heterocycles. The van der Waals surface area contributed by atoms with E-state index in [9.17, 15) is 35.9 Å². The van der Waals surface area contributed by atoms with Gasteiger partial charge in [-0.1, -0.05) is 19.3 Å². The van der Waals surface area contributed by atoms with E-state index in [-0.39, 0.29) is 13.1 Å². The van der Waals surface area contributed by atoms with Crippen molar-refractivity contribution in [3.8, 4) is 0 Å². The minimum atomic E-state index is -4.89. The maximum atomic E-state index is 11.8. The normalized spacial score (nSPS) is 12.1. The highest BCUT2D eigenvalue weighted by atomic mass is 19.4. The predicted molar refractivity (Wildman–Crippen MR) is 61.2 cm³/mol. The van der Waals surface area contributed by atoms with E-state index in [0.717, 1.165) is 0 Å². The molecule has 21 heavy (non-hydrogen) atoms. The molecule has 10 heteroatoms. The van der Waals surface area contributed by atoms with Crippen molar-refractivity contribution in [2.24, 2.45) is 0 Å². The van der Waals surface area contributed by atoms with Crippen LogP contribution in [0.4, 0.5) is 26.3 Å². The van der Waals surface area contributed by atoms with Gasteiger partial charge in [-0.25, -0.2) is 0 Å². The van der Waals surface area contributed by atoms with E-state index in [1.807, 2.05) is 0 Å². The third-order valence-electron chi connectivity index (χ3n) is 2.44. The zero-order valence-corrected chi connectivity index (χ0v) is 11.0. The van der Waals surface area contributed by atoms with Crippen LogP contribution < -0.4 is 10.6 Å². The molecule has 0 aliphatic rings. The van der Waals surface area contributed by atoms with Crippen LogP contribution in [-0.4, -0.2) is 37.3 Å². The van der Waals surface area contributed by atoms with E-state index in [1.165, 1.54) is 0 Å². The molecule has 2 amide bonds. The topological polar surface area (TPSA) is 58.2 Å². The summed E-state index contributed by atoms with van der Waals surface area (Å²) >= 11 is 0. The maximum absolute atomic E-state index is 11.8. The van der Waals surface area contributed by atoms with Crippen molar-refractivity contribution >= 4 is 11.8 Å². The van der Waals surface area contributed by atoms with Gasteiger partial charge < -0.3 is 10.6 Å². The van der Waals surface area contributed by atoms with Gasteiger partial charge in [-0.2, -0.15) is 26.3 Å². The molecule has 0 aromatic carbocycles. The molecule has 0 spiro atoms. The largest absolute Gasteiger partial charge is 0.471 e. The Kier molecular flexibility index (Phi) is 8.11. The number of rotatable bonds is 8. The second-order valence-electron chi connectivity index (χ2n) is 4.28. The first kappa shape index (κ1) is 19.5. The summed E-state index contributed by atoms with van der Waals surface area (Å²) in [7, 11) is 0. The van der Waals surface area contributed by atoms with Crippen LogP contribution in [0.3, 0.4) is 0 Å². The summed E-state index contributed by atoms with van der Waals surface area (Å²) in [5, 5.41) is 3.42.